The fourth-order valence-electron chi connectivity index (χ4n) is 2.55. The zero-order chi connectivity index (χ0) is 25.3. The minimum absolute atomic E-state index is 0. The summed E-state index contributed by atoms with van der Waals surface area (Å²) >= 11 is 9.53. The summed E-state index contributed by atoms with van der Waals surface area (Å²) in [6, 6.07) is 8.02. The van der Waals surface area contributed by atoms with Crippen LogP contribution >= 0.6 is 23.2 Å². The number of nitrogens with zero attached hydrogens (tertiary/aromatic N) is 5. The van der Waals surface area contributed by atoms with Gasteiger partial charge >= 0.3 is 22.4 Å². The fourth-order valence-corrected chi connectivity index (χ4v) is 2.55. The van der Waals surface area contributed by atoms with Crippen LogP contribution in [-0.2, 0) is 47.6 Å². The van der Waals surface area contributed by atoms with Crippen molar-refractivity contribution in [2.24, 2.45) is 14.1 Å². The van der Waals surface area contributed by atoms with Crippen molar-refractivity contribution in [3.8, 4) is 0 Å². The van der Waals surface area contributed by atoms with E-state index in [2.05, 4.69) is 69.4 Å². The van der Waals surface area contributed by atoms with Crippen molar-refractivity contribution in [1.82, 2.24) is 13.7 Å². The topological polar surface area (TPSA) is 109 Å². The van der Waals surface area contributed by atoms with Gasteiger partial charge in [0.25, 0.3) is 0 Å². The molecule has 33 heavy (non-hydrogen) atoms. The molecule has 3 rings (SSSR count). The number of aryl methyl sites for hydroxylation is 2. The van der Waals surface area contributed by atoms with Gasteiger partial charge in [-0.3, -0.25) is 5.41 Å². The standard InChI is InChI=1S/C11H20N2.C9H11N3.CH2Cl2.Au.NO3/c1-10(2,3)12-7-8-13(9-12)11(4,5)6;1-11-7-5-3-4-6-8(7)12(2)9(11)10;2-1-3;;2-1(3)4/h7-8H,1-6H3;3-6,10H,1-2H3;1H2;;/q;;;+1;-1. The van der Waals surface area contributed by atoms with Crippen molar-refractivity contribution in [3.63, 3.8) is 0 Å². The monoisotopic (exact) mass is 684 g/mol. The first-order valence-electron chi connectivity index (χ1n) is 9.69. The van der Waals surface area contributed by atoms with E-state index in [1.54, 1.807) is 0 Å². The molecule has 0 radical (unpaired) electrons. The molecular weight excluding hydrogens is 652 g/mol. The quantitative estimate of drug-likeness (QED) is 0.0955. The van der Waals surface area contributed by atoms with Gasteiger partial charge in [0.15, 0.2) is 0 Å². The first kappa shape index (κ1) is 33.4. The Morgan fingerprint density at radius 1 is 1.03 bits per heavy atom. The summed E-state index contributed by atoms with van der Waals surface area (Å²) in [6.07, 6.45) is 7.48. The Hall–Kier alpha value is -1.78. The van der Waals surface area contributed by atoms with Crippen molar-refractivity contribution < 1.29 is 32.0 Å². The third-order valence-corrected chi connectivity index (χ3v) is 4.27. The number of rotatable bonds is 0. The number of para-hydroxylation sites is 2. The number of nitrogens with one attached hydrogen (secondary N) is 1. The Kier molecular flexibility index (Phi) is 14.6. The van der Waals surface area contributed by atoms with Crippen LogP contribution in [0.5, 0.6) is 0 Å². The molecule has 0 aliphatic rings. The average Bonchev–Trinajstić information content (AvgIpc) is 3.24. The number of benzene rings is 1. The summed E-state index contributed by atoms with van der Waals surface area (Å²) < 4.78 is 7.96. The molecule has 3 aromatic rings. The van der Waals surface area contributed by atoms with E-state index in [1.807, 2.05) is 47.5 Å². The maximum absolute atomic E-state index is 8.25. The maximum atomic E-state index is 8.25. The number of alkyl halides is 2. The molecule has 0 fully saturated rings. The Balaban J connectivity index is 0. The molecule has 1 aromatic carbocycles. The molecule has 2 heterocycles. The predicted octanol–water partition coefficient (Wildman–Crippen LogP) is 4.26. The number of hydrogen-bond acceptors (Lipinski definition) is 4. The van der Waals surface area contributed by atoms with Crippen molar-refractivity contribution in [3.05, 3.63) is 63.9 Å². The van der Waals surface area contributed by atoms with Gasteiger partial charge in [-0.05, 0) is 66.1 Å². The third-order valence-electron chi connectivity index (χ3n) is 4.27. The van der Waals surface area contributed by atoms with Crippen LogP contribution in [0.15, 0.2) is 36.7 Å². The van der Waals surface area contributed by atoms with Gasteiger partial charge in [-0.1, -0.05) is 12.1 Å². The molecule has 12 heteroatoms. The van der Waals surface area contributed by atoms with E-state index >= 15 is 0 Å². The number of halogens is 2. The van der Waals surface area contributed by atoms with Crippen molar-refractivity contribution >= 4 is 34.2 Å². The Bertz CT molecular complexity index is 974. The predicted molar refractivity (Wildman–Crippen MR) is 128 cm³/mol. The minimum atomic E-state index is -1.75. The Morgan fingerprint density at radius 2 is 1.39 bits per heavy atom. The summed E-state index contributed by atoms with van der Waals surface area (Å²) in [5.74, 6) is 0. The summed E-state index contributed by atoms with van der Waals surface area (Å²) in [6.45, 7) is 13.1. The molecule has 0 unspecified atom stereocenters. The van der Waals surface area contributed by atoms with Crippen LogP contribution in [-0.4, -0.2) is 24.1 Å². The molecule has 0 amide bonds. The van der Waals surface area contributed by atoms with Crippen molar-refractivity contribution in [2.45, 2.75) is 52.6 Å². The van der Waals surface area contributed by atoms with E-state index < -0.39 is 5.09 Å². The molecule has 0 spiro atoms. The van der Waals surface area contributed by atoms with Gasteiger partial charge in [-0.25, -0.2) is 0 Å². The SMILES string of the molecule is CC(C)(C)n1[c-][n+](C(C)(C)C)cc1.ClCCl.Cn1c(=N)n(C)c2ccccc21.O=[N+]([O-])[O-].[Au+]. The van der Waals surface area contributed by atoms with Gasteiger partial charge in [0.05, 0.1) is 32.5 Å². The first-order valence-corrected chi connectivity index (χ1v) is 10.8. The molecule has 0 saturated carbocycles. The van der Waals surface area contributed by atoms with E-state index in [-0.39, 0.29) is 38.8 Å². The van der Waals surface area contributed by atoms with Crippen molar-refractivity contribution in [2.75, 3.05) is 5.34 Å². The first-order chi connectivity index (χ1) is 14.6. The van der Waals surface area contributed by atoms with Gasteiger partial charge in [0.2, 0.25) is 11.9 Å². The van der Waals surface area contributed by atoms with Gasteiger partial charge in [0, 0.05) is 14.1 Å². The molecule has 0 atom stereocenters. The van der Waals surface area contributed by atoms with Crippen LogP contribution < -0.4 is 10.2 Å². The smallest absolute Gasteiger partial charge is 0.356 e. The van der Waals surface area contributed by atoms with Gasteiger partial charge in [-0.2, -0.15) is 0 Å². The summed E-state index contributed by atoms with van der Waals surface area (Å²) in [4.78, 5) is 8.25. The molecule has 2 aromatic heterocycles. The second-order valence-electron chi connectivity index (χ2n) is 8.73. The van der Waals surface area contributed by atoms with Crippen LogP contribution in [0.2, 0.25) is 0 Å². The van der Waals surface area contributed by atoms with Crippen LogP contribution in [0.4, 0.5) is 0 Å². The molecule has 9 nitrogen and oxygen atoms in total. The van der Waals surface area contributed by atoms with Crippen LogP contribution in [0.1, 0.15) is 41.5 Å². The van der Waals surface area contributed by atoms with E-state index in [4.69, 9.17) is 43.9 Å². The summed E-state index contributed by atoms with van der Waals surface area (Å²) in [5, 5.41) is 22.6. The molecule has 0 saturated heterocycles. The normalized spacial score (nSPS) is 10.5. The summed E-state index contributed by atoms with van der Waals surface area (Å²) in [5.41, 5.74) is 2.97. The van der Waals surface area contributed by atoms with Crippen LogP contribution in [0, 0.1) is 27.1 Å². The maximum Gasteiger partial charge on any atom is 1.00 e. The largest absolute Gasteiger partial charge is 1.00 e. The van der Waals surface area contributed by atoms with Crippen LogP contribution in [0.25, 0.3) is 11.0 Å². The van der Waals surface area contributed by atoms with E-state index in [0.717, 1.165) is 11.0 Å². The van der Waals surface area contributed by atoms with Gasteiger partial charge < -0.3 is 33.6 Å². The molecule has 190 valence electrons. The molecule has 0 aliphatic heterocycles. The molecule has 0 bridgehead atoms. The van der Waals surface area contributed by atoms with Crippen molar-refractivity contribution in [1.29, 1.82) is 5.41 Å². The fraction of sp³-hybridized carbons (Fsp3) is 0.524. The zero-order valence-corrected chi connectivity index (χ0v) is 23.9. The van der Waals surface area contributed by atoms with E-state index in [0.29, 0.717) is 5.62 Å². The van der Waals surface area contributed by atoms with E-state index in [1.165, 1.54) is 0 Å². The average molecular weight is 685 g/mol. The molecular formula is C21H33AuCl2N6O3. The minimum Gasteiger partial charge on any atom is -0.356 e. The zero-order valence-electron chi connectivity index (χ0n) is 20.2. The van der Waals surface area contributed by atoms with Gasteiger partial charge in [0.1, 0.15) is 0 Å². The van der Waals surface area contributed by atoms with E-state index in [9.17, 15) is 0 Å². The second-order valence-corrected chi connectivity index (χ2v) is 9.54. The third kappa shape index (κ3) is 11.3. The van der Waals surface area contributed by atoms with Crippen LogP contribution in [0.3, 0.4) is 0 Å². The Morgan fingerprint density at radius 3 is 1.64 bits per heavy atom. The number of hydrogen-bond donors (Lipinski definition) is 1. The second kappa shape index (κ2) is 14.5. The Labute approximate surface area is 220 Å². The van der Waals surface area contributed by atoms with Gasteiger partial charge in [-0.15, -0.1) is 23.2 Å². The molecule has 1 N–H and O–H groups in total. The number of aromatic nitrogens is 4. The molecule has 0 aliphatic carbocycles. The summed E-state index contributed by atoms with van der Waals surface area (Å²) in [7, 11) is 3.81. The number of fused-ring (bicyclic) bond motifs is 1. The number of imidazole rings is 2.